The zero-order valence-corrected chi connectivity index (χ0v) is 12.1. The van der Waals surface area contributed by atoms with E-state index >= 15 is 0 Å². The molecule has 1 amide bonds. The maximum atomic E-state index is 11.7. The molecular weight excluding hydrogens is 285 g/mol. The van der Waals surface area contributed by atoms with Crippen LogP contribution in [-0.4, -0.2) is 24.2 Å². The molecule has 1 aromatic rings. The molecule has 0 bridgehead atoms. The van der Waals surface area contributed by atoms with Crippen molar-refractivity contribution >= 4 is 29.1 Å². The molecule has 0 atom stereocenters. The van der Waals surface area contributed by atoms with Gasteiger partial charge in [-0.15, -0.1) is 0 Å². The van der Waals surface area contributed by atoms with Crippen LogP contribution in [0.25, 0.3) is 0 Å². The largest absolute Gasteiger partial charge is 0.396 e. The number of aliphatic hydroxyl groups is 1. The lowest BCUT2D eigenvalue weighted by molar-refractivity contribution is -0.121. The first-order chi connectivity index (χ1) is 9.04. The zero-order valence-electron chi connectivity index (χ0n) is 10.6. The summed E-state index contributed by atoms with van der Waals surface area (Å²) in [5.41, 5.74) is 0.873. The highest BCUT2D eigenvalue weighted by Gasteiger charge is 2.41. The van der Waals surface area contributed by atoms with Crippen molar-refractivity contribution in [2.45, 2.75) is 25.7 Å². The molecule has 19 heavy (non-hydrogen) atoms. The summed E-state index contributed by atoms with van der Waals surface area (Å²) in [5, 5.41) is 13.2. The first kappa shape index (κ1) is 14.6. The number of rotatable bonds is 6. The number of carbonyl (C=O) groups excluding carboxylic acids is 1. The molecule has 3 nitrogen and oxygen atoms in total. The molecule has 1 aliphatic rings. The normalized spacial score (nSPS) is 16.2. The van der Waals surface area contributed by atoms with Crippen LogP contribution < -0.4 is 5.32 Å². The topological polar surface area (TPSA) is 49.3 Å². The summed E-state index contributed by atoms with van der Waals surface area (Å²) in [6.07, 6.45) is 2.97. The lowest BCUT2D eigenvalue weighted by atomic mass is 10.1. The van der Waals surface area contributed by atoms with Gasteiger partial charge in [0.05, 0.1) is 6.61 Å². The number of nitrogens with one attached hydrogen (secondary N) is 1. The van der Waals surface area contributed by atoms with Gasteiger partial charge in [-0.05, 0) is 37.0 Å². The summed E-state index contributed by atoms with van der Waals surface area (Å²) in [5.74, 6) is -0.00857. The van der Waals surface area contributed by atoms with Crippen molar-refractivity contribution in [3.63, 3.8) is 0 Å². The molecule has 2 rings (SSSR count). The van der Waals surface area contributed by atoms with Gasteiger partial charge >= 0.3 is 0 Å². The number of hydrogen-bond donors (Lipinski definition) is 2. The first-order valence-electron chi connectivity index (χ1n) is 6.36. The fraction of sp³-hybridized carbons (Fsp3) is 0.500. The minimum atomic E-state index is -0.0480. The van der Waals surface area contributed by atoms with Gasteiger partial charge in [0.15, 0.2) is 0 Å². The van der Waals surface area contributed by atoms with Crippen LogP contribution in [-0.2, 0) is 11.2 Å². The van der Waals surface area contributed by atoms with Crippen LogP contribution in [0.15, 0.2) is 18.2 Å². The Balaban J connectivity index is 1.77. The van der Waals surface area contributed by atoms with Crippen molar-refractivity contribution in [1.29, 1.82) is 0 Å². The molecule has 1 aromatic carbocycles. The fourth-order valence-corrected chi connectivity index (χ4v) is 2.42. The predicted molar refractivity (Wildman–Crippen MR) is 76.5 cm³/mol. The van der Waals surface area contributed by atoms with Crippen LogP contribution in [0.3, 0.4) is 0 Å². The van der Waals surface area contributed by atoms with Gasteiger partial charge in [-0.3, -0.25) is 4.79 Å². The molecule has 1 saturated carbocycles. The second kappa shape index (κ2) is 6.12. The molecule has 1 aliphatic carbocycles. The van der Waals surface area contributed by atoms with E-state index in [9.17, 15) is 4.79 Å². The maximum absolute atomic E-state index is 11.7. The zero-order chi connectivity index (χ0) is 13.9. The third kappa shape index (κ3) is 4.10. The smallest absolute Gasteiger partial charge is 0.220 e. The second-order valence-electron chi connectivity index (χ2n) is 5.17. The van der Waals surface area contributed by atoms with E-state index < -0.39 is 0 Å². The van der Waals surface area contributed by atoms with Gasteiger partial charge in [0.2, 0.25) is 5.91 Å². The molecule has 0 aromatic heterocycles. The van der Waals surface area contributed by atoms with E-state index in [4.69, 9.17) is 28.3 Å². The van der Waals surface area contributed by atoms with Crippen molar-refractivity contribution in [3.05, 3.63) is 33.8 Å². The number of hydrogen-bond acceptors (Lipinski definition) is 2. The van der Waals surface area contributed by atoms with Crippen molar-refractivity contribution in [2.75, 3.05) is 13.2 Å². The van der Waals surface area contributed by atoms with Gasteiger partial charge in [0, 0.05) is 28.4 Å². The standard InChI is InChI=1S/C14H17Cl2NO2/c15-11-3-1-10(12(16)7-11)2-4-13(19)17-8-14(9-18)5-6-14/h1,3,7,18H,2,4-6,8-9H2,(H,17,19). The molecule has 0 radical (unpaired) electrons. The number of benzene rings is 1. The van der Waals surface area contributed by atoms with Gasteiger partial charge in [0.25, 0.3) is 0 Å². The Morgan fingerprint density at radius 1 is 1.37 bits per heavy atom. The molecule has 0 spiro atoms. The van der Waals surface area contributed by atoms with Crippen LogP contribution in [0.4, 0.5) is 0 Å². The minimum Gasteiger partial charge on any atom is -0.396 e. The third-order valence-corrected chi connectivity index (χ3v) is 4.18. The molecule has 0 heterocycles. The monoisotopic (exact) mass is 301 g/mol. The summed E-state index contributed by atoms with van der Waals surface area (Å²) in [6.45, 7) is 0.715. The molecule has 0 aliphatic heterocycles. The second-order valence-corrected chi connectivity index (χ2v) is 6.01. The van der Waals surface area contributed by atoms with E-state index in [0.717, 1.165) is 18.4 Å². The van der Waals surface area contributed by atoms with Crippen LogP contribution in [0.2, 0.25) is 10.0 Å². The highest BCUT2D eigenvalue weighted by atomic mass is 35.5. The Hall–Kier alpha value is -0.770. The summed E-state index contributed by atoms with van der Waals surface area (Å²) in [4.78, 5) is 11.7. The Bertz CT molecular complexity index is 473. The predicted octanol–water partition coefficient (Wildman–Crippen LogP) is 2.81. The molecule has 0 unspecified atom stereocenters. The molecule has 104 valence electrons. The van der Waals surface area contributed by atoms with Crippen LogP contribution in [0, 0.1) is 5.41 Å². The molecule has 5 heteroatoms. The molecule has 2 N–H and O–H groups in total. The Morgan fingerprint density at radius 2 is 2.11 bits per heavy atom. The van der Waals surface area contributed by atoms with E-state index in [1.54, 1.807) is 12.1 Å². The fourth-order valence-electron chi connectivity index (χ4n) is 1.91. The maximum Gasteiger partial charge on any atom is 0.220 e. The Morgan fingerprint density at radius 3 is 2.68 bits per heavy atom. The van der Waals surface area contributed by atoms with E-state index in [1.807, 2.05) is 6.07 Å². The van der Waals surface area contributed by atoms with Gasteiger partial charge in [-0.25, -0.2) is 0 Å². The Labute approximate surface area is 122 Å². The van der Waals surface area contributed by atoms with Gasteiger partial charge < -0.3 is 10.4 Å². The number of halogens is 2. The summed E-state index contributed by atoms with van der Waals surface area (Å²) in [7, 11) is 0. The lowest BCUT2D eigenvalue weighted by Crippen LogP contribution is -2.31. The van der Waals surface area contributed by atoms with Gasteiger partial charge in [0.1, 0.15) is 0 Å². The molecule has 0 saturated heterocycles. The summed E-state index contributed by atoms with van der Waals surface area (Å²) in [6, 6.07) is 5.29. The summed E-state index contributed by atoms with van der Waals surface area (Å²) >= 11 is 11.9. The molecule has 1 fully saturated rings. The number of aryl methyl sites for hydroxylation is 1. The number of carbonyl (C=O) groups is 1. The van der Waals surface area contributed by atoms with Crippen molar-refractivity contribution in [2.24, 2.45) is 5.41 Å². The van der Waals surface area contributed by atoms with Crippen molar-refractivity contribution < 1.29 is 9.90 Å². The third-order valence-electron chi connectivity index (χ3n) is 3.59. The van der Waals surface area contributed by atoms with E-state index in [-0.39, 0.29) is 17.9 Å². The van der Waals surface area contributed by atoms with Gasteiger partial charge in [-0.2, -0.15) is 0 Å². The van der Waals surface area contributed by atoms with Crippen LogP contribution >= 0.6 is 23.2 Å². The van der Waals surface area contributed by atoms with Crippen LogP contribution in [0.5, 0.6) is 0 Å². The average molecular weight is 302 g/mol. The highest BCUT2D eigenvalue weighted by Crippen LogP contribution is 2.44. The SMILES string of the molecule is O=C(CCc1ccc(Cl)cc1Cl)NCC1(CO)CC1. The van der Waals surface area contributed by atoms with E-state index in [2.05, 4.69) is 5.32 Å². The van der Waals surface area contributed by atoms with Gasteiger partial charge in [-0.1, -0.05) is 29.3 Å². The number of aliphatic hydroxyl groups excluding tert-OH is 1. The van der Waals surface area contributed by atoms with Crippen LogP contribution in [0.1, 0.15) is 24.8 Å². The summed E-state index contributed by atoms with van der Waals surface area (Å²) < 4.78 is 0. The van der Waals surface area contributed by atoms with E-state index in [0.29, 0.717) is 29.4 Å². The molecular formula is C14H17Cl2NO2. The average Bonchev–Trinajstić information content (AvgIpc) is 3.16. The highest BCUT2D eigenvalue weighted by molar-refractivity contribution is 6.35. The number of amides is 1. The Kier molecular flexibility index (Phi) is 4.71. The quantitative estimate of drug-likeness (QED) is 0.849. The lowest BCUT2D eigenvalue weighted by Gasteiger charge is -2.12. The van der Waals surface area contributed by atoms with Crippen molar-refractivity contribution in [3.8, 4) is 0 Å². The first-order valence-corrected chi connectivity index (χ1v) is 7.12. The minimum absolute atomic E-state index is 0.00857. The van der Waals surface area contributed by atoms with Crippen molar-refractivity contribution in [1.82, 2.24) is 5.32 Å². The van der Waals surface area contributed by atoms with E-state index in [1.165, 1.54) is 0 Å².